The van der Waals surface area contributed by atoms with Crippen LogP contribution >= 0.6 is 0 Å². The molecule has 1 amide bonds. The summed E-state index contributed by atoms with van der Waals surface area (Å²) >= 11 is 0. The molecule has 1 saturated heterocycles. The summed E-state index contributed by atoms with van der Waals surface area (Å²) in [5.74, 6) is 0.494. The van der Waals surface area contributed by atoms with Crippen molar-refractivity contribution >= 4 is 17.3 Å². The van der Waals surface area contributed by atoms with E-state index in [2.05, 4.69) is 4.90 Å². The zero-order valence-electron chi connectivity index (χ0n) is 19.5. The van der Waals surface area contributed by atoms with Crippen molar-refractivity contribution in [3.63, 3.8) is 0 Å². The van der Waals surface area contributed by atoms with Gasteiger partial charge in [0, 0.05) is 43.5 Å². The standard InChI is InChI=1S/C27H29N3O4/c1-20-7-5-9-23(17-20)29(27(31)25-11-3-4-12-26(25)34-2)22-13-15-28(16-14-22)19-21-8-6-10-24(18-21)30(32)33/h3-12,17-18,22H,13-16,19H2,1-2H3. The SMILES string of the molecule is COc1ccccc1C(=O)N(c1cccc(C)c1)C1CCN(Cc2cccc([N+](=O)[O-])c2)CC1. The lowest BCUT2D eigenvalue weighted by Crippen LogP contribution is -2.47. The normalized spacial score (nSPS) is 14.5. The Morgan fingerprint density at radius 3 is 2.50 bits per heavy atom. The molecule has 3 aromatic carbocycles. The summed E-state index contributed by atoms with van der Waals surface area (Å²) in [6, 6.07) is 22.2. The van der Waals surface area contributed by atoms with E-state index < -0.39 is 0 Å². The molecular weight excluding hydrogens is 430 g/mol. The van der Waals surface area contributed by atoms with E-state index in [9.17, 15) is 14.9 Å². The Morgan fingerprint density at radius 2 is 1.79 bits per heavy atom. The first kappa shape index (κ1) is 23.4. The van der Waals surface area contributed by atoms with Gasteiger partial charge in [-0.2, -0.15) is 0 Å². The number of hydrogen-bond donors (Lipinski definition) is 0. The lowest BCUT2D eigenvalue weighted by molar-refractivity contribution is -0.384. The van der Waals surface area contributed by atoms with Gasteiger partial charge in [0.05, 0.1) is 17.6 Å². The Bertz CT molecular complexity index is 1170. The van der Waals surface area contributed by atoms with Crippen LogP contribution in [-0.4, -0.2) is 42.0 Å². The van der Waals surface area contributed by atoms with Crippen molar-refractivity contribution in [1.82, 2.24) is 4.90 Å². The molecule has 1 fully saturated rings. The van der Waals surface area contributed by atoms with E-state index in [-0.39, 0.29) is 22.6 Å². The van der Waals surface area contributed by atoms with Crippen LogP contribution in [-0.2, 0) is 6.54 Å². The number of amides is 1. The average Bonchev–Trinajstić information content (AvgIpc) is 2.85. The molecule has 0 aromatic heterocycles. The maximum Gasteiger partial charge on any atom is 0.269 e. The predicted octanol–water partition coefficient (Wildman–Crippen LogP) is 5.22. The van der Waals surface area contributed by atoms with E-state index in [1.54, 1.807) is 25.3 Å². The van der Waals surface area contributed by atoms with E-state index >= 15 is 0 Å². The number of para-hydroxylation sites is 1. The molecule has 4 rings (SSSR count). The summed E-state index contributed by atoms with van der Waals surface area (Å²) in [5, 5.41) is 11.1. The van der Waals surface area contributed by atoms with Gasteiger partial charge < -0.3 is 9.64 Å². The number of nitrogens with zero attached hydrogens (tertiary/aromatic N) is 3. The number of benzene rings is 3. The summed E-state index contributed by atoms with van der Waals surface area (Å²) in [5.41, 5.74) is 3.56. The molecular formula is C27H29N3O4. The molecule has 1 heterocycles. The highest BCUT2D eigenvalue weighted by molar-refractivity contribution is 6.08. The number of likely N-dealkylation sites (tertiary alicyclic amines) is 1. The van der Waals surface area contributed by atoms with Gasteiger partial charge in [-0.3, -0.25) is 19.8 Å². The van der Waals surface area contributed by atoms with E-state index in [4.69, 9.17) is 4.74 Å². The molecule has 0 saturated carbocycles. The van der Waals surface area contributed by atoms with Crippen molar-refractivity contribution in [1.29, 1.82) is 0 Å². The number of hydrogen-bond acceptors (Lipinski definition) is 5. The second-order valence-corrected chi connectivity index (χ2v) is 8.65. The van der Waals surface area contributed by atoms with Crippen molar-refractivity contribution in [2.75, 3.05) is 25.1 Å². The number of non-ortho nitro benzene ring substituents is 1. The van der Waals surface area contributed by atoms with Crippen LogP contribution in [0.1, 0.15) is 34.3 Å². The third kappa shape index (κ3) is 5.26. The predicted molar refractivity (Wildman–Crippen MR) is 132 cm³/mol. The quantitative estimate of drug-likeness (QED) is 0.358. The first-order chi connectivity index (χ1) is 16.5. The minimum absolute atomic E-state index is 0.0422. The van der Waals surface area contributed by atoms with Crippen molar-refractivity contribution < 1.29 is 14.5 Å². The number of nitro benzene ring substituents is 1. The van der Waals surface area contributed by atoms with Crippen molar-refractivity contribution in [3.8, 4) is 5.75 Å². The lowest BCUT2D eigenvalue weighted by Gasteiger charge is -2.39. The highest BCUT2D eigenvalue weighted by Crippen LogP contribution is 2.30. The van der Waals surface area contributed by atoms with Gasteiger partial charge in [0.1, 0.15) is 5.75 Å². The molecule has 0 N–H and O–H groups in total. The van der Waals surface area contributed by atoms with Gasteiger partial charge >= 0.3 is 0 Å². The average molecular weight is 460 g/mol. The van der Waals surface area contributed by atoms with Crippen molar-refractivity contribution in [2.45, 2.75) is 32.4 Å². The van der Waals surface area contributed by atoms with Gasteiger partial charge in [-0.1, -0.05) is 36.4 Å². The van der Waals surface area contributed by atoms with Crippen LogP contribution in [0.4, 0.5) is 11.4 Å². The number of aryl methyl sites for hydroxylation is 1. The molecule has 0 spiro atoms. The maximum absolute atomic E-state index is 13.8. The zero-order valence-corrected chi connectivity index (χ0v) is 19.5. The minimum atomic E-state index is -0.362. The fraction of sp³-hybridized carbons (Fsp3) is 0.296. The Hall–Kier alpha value is -3.71. The second kappa shape index (κ2) is 10.5. The van der Waals surface area contributed by atoms with Gasteiger partial charge in [-0.15, -0.1) is 0 Å². The lowest BCUT2D eigenvalue weighted by atomic mass is 9.99. The fourth-order valence-corrected chi connectivity index (χ4v) is 4.59. The van der Waals surface area contributed by atoms with Crippen LogP contribution in [0.2, 0.25) is 0 Å². The first-order valence-electron chi connectivity index (χ1n) is 11.4. The Kier molecular flexibility index (Phi) is 7.23. The maximum atomic E-state index is 13.8. The number of rotatable bonds is 7. The van der Waals surface area contributed by atoms with E-state index in [1.165, 1.54) is 6.07 Å². The Balaban J connectivity index is 1.53. The van der Waals surface area contributed by atoms with Gasteiger partial charge in [-0.05, 0) is 55.2 Å². The minimum Gasteiger partial charge on any atom is -0.496 e. The van der Waals surface area contributed by atoms with Gasteiger partial charge in [0.15, 0.2) is 0 Å². The number of nitro groups is 1. The molecule has 7 heteroatoms. The van der Waals surface area contributed by atoms with Gasteiger partial charge in [0.2, 0.25) is 0 Å². The van der Waals surface area contributed by atoms with Gasteiger partial charge in [0.25, 0.3) is 11.6 Å². The number of anilines is 1. The van der Waals surface area contributed by atoms with Crippen LogP contribution in [0.15, 0.2) is 72.8 Å². The smallest absolute Gasteiger partial charge is 0.269 e. The third-order valence-corrected chi connectivity index (χ3v) is 6.29. The molecule has 1 aliphatic rings. The number of piperidine rings is 1. The van der Waals surface area contributed by atoms with E-state index in [1.807, 2.05) is 60.4 Å². The summed E-state index contributed by atoms with van der Waals surface area (Å²) in [6.07, 6.45) is 1.62. The summed E-state index contributed by atoms with van der Waals surface area (Å²) in [7, 11) is 1.58. The van der Waals surface area contributed by atoms with Crippen LogP contribution in [0.5, 0.6) is 5.75 Å². The molecule has 34 heavy (non-hydrogen) atoms. The Labute approximate surface area is 199 Å². The number of carbonyl (C=O) groups excluding carboxylic acids is 1. The third-order valence-electron chi connectivity index (χ3n) is 6.29. The monoisotopic (exact) mass is 459 g/mol. The highest BCUT2D eigenvalue weighted by Gasteiger charge is 2.31. The summed E-state index contributed by atoms with van der Waals surface area (Å²) in [6.45, 7) is 4.28. The van der Waals surface area contributed by atoms with Crippen LogP contribution < -0.4 is 9.64 Å². The molecule has 0 aliphatic carbocycles. The van der Waals surface area contributed by atoms with Crippen molar-refractivity contribution in [2.24, 2.45) is 0 Å². The molecule has 3 aromatic rings. The largest absolute Gasteiger partial charge is 0.496 e. The zero-order chi connectivity index (χ0) is 24.1. The van der Waals surface area contributed by atoms with Crippen LogP contribution in [0, 0.1) is 17.0 Å². The van der Waals surface area contributed by atoms with Crippen molar-refractivity contribution in [3.05, 3.63) is 99.6 Å². The van der Waals surface area contributed by atoms with Gasteiger partial charge in [-0.25, -0.2) is 0 Å². The molecule has 7 nitrogen and oxygen atoms in total. The summed E-state index contributed by atoms with van der Waals surface area (Å²) in [4.78, 5) is 28.7. The molecule has 176 valence electrons. The molecule has 0 bridgehead atoms. The number of ether oxygens (including phenoxy) is 1. The first-order valence-corrected chi connectivity index (χ1v) is 11.4. The van der Waals surface area contributed by atoms with Crippen LogP contribution in [0.3, 0.4) is 0 Å². The summed E-state index contributed by atoms with van der Waals surface area (Å²) < 4.78 is 5.47. The molecule has 0 radical (unpaired) electrons. The van der Waals surface area contributed by atoms with E-state index in [0.29, 0.717) is 17.9 Å². The number of carbonyl (C=O) groups is 1. The fourth-order valence-electron chi connectivity index (χ4n) is 4.59. The van der Waals surface area contributed by atoms with E-state index in [0.717, 1.165) is 42.7 Å². The molecule has 0 atom stereocenters. The molecule has 1 aliphatic heterocycles. The second-order valence-electron chi connectivity index (χ2n) is 8.65. The Morgan fingerprint density at radius 1 is 1.06 bits per heavy atom. The topological polar surface area (TPSA) is 75.9 Å². The molecule has 0 unspecified atom stereocenters. The highest BCUT2D eigenvalue weighted by atomic mass is 16.6. The number of methoxy groups -OCH3 is 1. The van der Waals surface area contributed by atoms with Crippen LogP contribution in [0.25, 0.3) is 0 Å².